The molecular formula is C14H12Cl2N2O. The highest BCUT2D eigenvalue weighted by atomic mass is 35.5. The van der Waals surface area contributed by atoms with Gasteiger partial charge >= 0.3 is 0 Å². The molecule has 0 fully saturated rings. The number of rotatable bonds is 4. The predicted octanol–water partition coefficient (Wildman–Crippen LogP) is 4.45. The molecule has 19 heavy (non-hydrogen) atoms. The summed E-state index contributed by atoms with van der Waals surface area (Å²) in [5.41, 5.74) is 4.43. The highest BCUT2D eigenvalue weighted by Crippen LogP contribution is 2.22. The lowest BCUT2D eigenvalue weighted by atomic mass is 10.2. The Kier molecular flexibility index (Phi) is 4.66. The Morgan fingerprint density at radius 2 is 1.68 bits per heavy atom. The molecule has 5 heteroatoms. The molecule has 98 valence electrons. The topological polar surface area (TPSA) is 33.6 Å². The number of hydrogen-bond donors (Lipinski definition) is 1. The van der Waals surface area contributed by atoms with E-state index in [-0.39, 0.29) is 0 Å². The van der Waals surface area contributed by atoms with Crippen molar-refractivity contribution in [1.29, 1.82) is 0 Å². The van der Waals surface area contributed by atoms with Gasteiger partial charge in [-0.1, -0.05) is 29.3 Å². The van der Waals surface area contributed by atoms with E-state index >= 15 is 0 Å². The number of hydrazone groups is 1. The lowest BCUT2D eigenvalue weighted by molar-refractivity contribution is 0.415. The van der Waals surface area contributed by atoms with E-state index in [9.17, 15) is 0 Å². The van der Waals surface area contributed by atoms with E-state index in [1.54, 1.807) is 31.5 Å². The monoisotopic (exact) mass is 294 g/mol. The van der Waals surface area contributed by atoms with Crippen LogP contribution in [0.15, 0.2) is 47.6 Å². The number of nitrogens with one attached hydrogen (secondary N) is 1. The molecule has 0 radical (unpaired) electrons. The number of ether oxygens (including phenoxy) is 1. The van der Waals surface area contributed by atoms with Crippen LogP contribution in [0.3, 0.4) is 0 Å². The molecule has 1 N–H and O–H groups in total. The van der Waals surface area contributed by atoms with Crippen LogP contribution in [0.1, 0.15) is 5.56 Å². The van der Waals surface area contributed by atoms with Crippen LogP contribution in [0, 0.1) is 0 Å². The normalized spacial score (nSPS) is 10.7. The summed E-state index contributed by atoms with van der Waals surface area (Å²) in [5, 5.41) is 5.23. The van der Waals surface area contributed by atoms with Gasteiger partial charge < -0.3 is 4.74 Å². The van der Waals surface area contributed by atoms with Crippen LogP contribution in [-0.2, 0) is 0 Å². The maximum Gasteiger partial charge on any atom is 0.119 e. The van der Waals surface area contributed by atoms with E-state index in [2.05, 4.69) is 10.5 Å². The summed E-state index contributed by atoms with van der Waals surface area (Å²) in [4.78, 5) is 0. The molecule has 0 aromatic heterocycles. The van der Waals surface area contributed by atoms with Crippen molar-refractivity contribution >= 4 is 35.1 Å². The number of nitrogens with zero attached hydrogens (tertiary/aromatic N) is 1. The Morgan fingerprint density at radius 3 is 2.26 bits per heavy atom. The van der Waals surface area contributed by atoms with Crippen LogP contribution in [0.2, 0.25) is 10.0 Å². The molecule has 0 aliphatic rings. The summed E-state index contributed by atoms with van der Waals surface area (Å²) in [5.74, 6) is 0.795. The zero-order valence-corrected chi connectivity index (χ0v) is 11.7. The van der Waals surface area contributed by atoms with Crippen molar-refractivity contribution in [2.24, 2.45) is 5.10 Å². The minimum absolute atomic E-state index is 0.563. The van der Waals surface area contributed by atoms with Gasteiger partial charge in [0.2, 0.25) is 0 Å². The number of benzene rings is 2. The van der Waals surface area contributed by atoms with Crippen LogP contribution >= 0.6 is 23.2 Å². The zero-order valence-electron chi connectivity index (χ0n) is 10.2. The lowest BCUT2D eigenvalue weighted by Crippen LogP contribution is -1.92. The molecule has 2 rings (SSSR count). The van der Waals surface area contributed by atoms with Gasteiger partial charge in [0.05, 0.1) is 29.1 Å². The van der Waals surface area contributed by atoms with Gasteiger partial charge in [-0.25, -0.2) is 0 Å². The van der Waals surface area contributed by atoms with E-state index in [0.29, 0.717) is 15.6 Å². The summed E-state index contributed by atoms with van der Waals surface area (Å²) in [7, 11) is 1.62. The smallest absolute Gasteiger partial charge is 0.119 e. The third kappa shape index (κ3) is 3.63. The summed E-state index contributed by atoms with van der Waals surface area (Å²) in [6, 6.07) is 12.7. The van der Waals surface area contributed by atoms with Gasteiger partial charge in [-0.15, -0.1) is 0 Å². The predicted molar refractivity (Wildman–Crippen MR) is 80.7 cm³/mol. The second kappa shape index (κ2) is 6.45. The average Bonchev–Trinajstić information content (AvgIpc) is 2.43. The van der Waals surface area contributed by atoms with E-state index in [1.165, 1.54) is 0 Å². The second-order valence-corrected chi connectivity index (χ2v) is 4.55. The van der Waals surface area contributed by atoms with Crippen LogP contribution in [0.4, 0.5) is 5.69 Å². The fourth-order valence-electron chi connectivity index (χ4n) is 1.47. The van der Waals surface area contributed by atoms with Crippen molar-refractivity contribution in [3.8, 4) is 5.75 Å². The fourth-order valence-corrected chi connectivity index (χ4v) is 1.97. The molecule has 0 bridgehead atoms. The van der Waals surface area contributed by atoms with Gasteiger partial charge in [0.25, 0.3) is 0 Å². The van der Waals surface area contributed by atoms with Gasteiger partial charge in [0.1, 0.15) is 5.75 Å². The fraction of sp³-hybridized carbons (Fsp3) is 0.0714. The quantitative estimate of drug-likeness (QED) is 0.668. The summed E-state index contributed by atoms with van der Waals surface area (Å²) in [6.45, 7) is 0. The van der Waals surface area contributed by atoms with Gasteiger partial charge in [-0.2, -0.15) is 5.10 Å². The first-order chi connectivity index (χ1) is 9.20. The highest BCUT2D eigenvalue weighted by Gasteiger charge is 2.01. The van der Waals surface area contributed by atoms with E-state index in [4.69, 9.17) is 27.9 Å². The summed E-state index contributed by atoms with van der Waals surface area (Å²) >= 11 is 12.1. The Morgan fingerprint density at radius 1 is 1.05 bits per heavy atom. The molecule has 2 aromatic rings. The van der Waals surface area contributed by atoms with E-state index in [1.807, 2.05) is 24.3 Å². The van der Waals surface area contributed by atoms with E-state index < -0.39 is 0 Å². The molecule has 3 nitrogen and oxygen atoms in total. The number of anilines is 1. The first kappa shape index (κ1) is 13.7. The van der Waals surface area contributed by atoms with Crippen molar-refractivity contribution in [3.63, 3.8) is 0 Å². The first-order valence-electron chi connectivity index (χ1n) is 5.58. The molecule has 0 aliphatic heterocycles. The van der Waals surface area contributed by atoms with Crippen LogP contribution in [0.25, 0.3) is 0 Å². The van der Waals surface area contributed by atoms with Crippen molar-refractivity contribution < 1.29 is 4.74 Å². The SMILES string of the molecule is COc1ccc(N/N=C/c2c(Cl)cccc2Cl)cc1. The third-order valence-corrected chi connectivity index (χ3v) is 3.14. The van der Waals surface area contributed by atoms with Gasteiger partial charge in [0.15, 0.2) is 0 Å². The maximum absolute atomic E-state index is 6.03. The zero-order chi connectivity index (χ0) is 13.7. The molecule has 0 heterocycles. The Balaban J connectivity index is 2.07. The molecule has 0 saturated carbocycles. The van der Waals surface area contributed by atoms with E-state index in [0.717, 1.165) is 11.4 Å². The van der Waals surface area contributed by atoms with Crippen LogP contribution < -0.4 is 10.2 Å². The standard InChI is InChI=1S/C14H12Cl2N2O/c1-19-11-7-5-10(6-8-11)18-17-9-12-13(15)3-2-4-14(12)16/h2-9,18H,1H3/b17-9+. The first-order valence-corrected chi connectivity index (χ1v) is 6.33. The maximum atomic E-state index is 6.03. The molecule has 0 amide bonds. The summed E-state index contributed by atoms with van der Waals surface area (Å²) in [6.07, 6.45) is 1.59. The number of hydrogen-bond acceptors (Lipinski definition) is 3. The van der Waals surface area contributed by atoms with Crippen molar-refractivity contribution in [3.05, 3.63) is 58.1 Å². The van der Waals surface area contributed by atoms with Crippen molar-refractivity contribution in [2.45, 2.75) is 0 Å². The second-order valence-electron chi connectivity index (χ2n) is 3.73. The minimum atomic E-state index is 0.563. The van der Waals surface area contributed by atoms with Gasteiger partial charge in [-0.3, -0.25) is 5.43 Å². The lowest BCUT2D eigenvalue weighted by Gasteiger charge is -2.03. The summed E-state index contributed by atoms with van der Waals surface area (Å²) < 4.78 is 5.07. The highest BCUT2D eigenvalue weighted by molar-refractivity contribution is 6.38. The number of methoxy groups -OCH3 is 1. The Hall–Kier alpha value is -1.71. The average molecular weight is 295 g/mol. The van der Waals surface area contributed by atoms with Crippen LogP contribution in [0.5, 0.6) is 5.75 Å². The Bertz CT molecular complexity index is 562. The minimum Gasteiger partial charge on any atom is -0.497 e. The molecule has 0 saturated heterocycles. The molecule has 0 atom stereocenters. The number of halogens is 2. The molecule has 0 spiro atoms. The van der Waals surface area contributed by atoms with Crippen molar-refractivity contribution in [2.75, 3.05) is 12.5 Å². The Labute approximate surface area is 121 Å². The molecule has 0 aliphatic carbocycles. The van der Waals surface area contributed by atoms with Crippen LogP contribution in [-0.4, -0.2) is 13.3 Å². The van der Waals surface area contributed by atoms with Crippen molar-refractivity contribution in [1.82, 2.24) is 0 Å². The molecular weight excluding hydrogens is 283 g/mol. The third-order valence-electron chi connectivity index (χ3n) is 2.48. The molecule has 2 aromatic carbocycles. The largest absolute Gasteiger partial charge is 0.497 e. The van der Waals surface area contributed by atoms with Gasteiger partial charge in [-0.05, 0) is 36.4 Å². The molecule has 0 unspecified atom stereocenters. The van der Waals surface area contributed by atoms with Gasteiger partial charge in [0, 0.05) is 5.56 Å².